The summed E-state index contributed by atoms with van der Waals surface area (Å²) in [6, 6.07) is 2.27. The fourth-order valence-electron chi connectivity index (χ4n) is 2.89. The summed E-state index contributed by atoms with van der Waals surface area (Å²) in [4.78, 5) is 24.0. The molecular formula is C18H24N4O3. The number of hydrogen-bond acceptors (Lipinski definition) is 3. The number of amides is 2. The van der Waals surface area contributed by atoms with Crippen LogP contribution in [0.2, 0.25) is 0 Å². The normalized spacial score (nSPS) is 12.1. The molecule has 134 valence electrons. The van der Waals surface area contributed by atoms with Gasteiger partial charge in [-0.1, -0.05) is 17.7 Å². The molecule has 1 heterocycles. The Labute approximate surface area is 147 Å². The van der Waals surface area contributed by atoms with Gasteiger partial charge in [-0.2, -0.15) is 5.10 Å². The fraction of sp³-hybridized carbons (Fsp3) is 0.389. The minimum Gasteiger partial charge on any atom is -0.479 e. The summed E-state index contributed by atoms with van der Waals surface area (Å²) in [5.41, 5.74) is 3.82. The van der Waals surface area contributed by atoms with Crippen LogP contribution in [0.15, 0.2) is 24.5 Å². The number of rotatable bonds is 5. The van der Waals surface area contributed by atoms with Crippen LogP contribution in [0, 0.1) is 20.8 Å². The van der Waals surface area contributed by atoms with E-state index in [0.29, 0.717) is 11.3 Å². The van der Waals surface area contributed by atoms with Crippen LogP contribution in [0.5, 0.6) is 0 Å². The van der Waals surface area contributed by atoms with Crippen molar-refractivity contribution in [2.45, 2.75) is 46.7 Å². The minimum atomic E-state index is -1.12. The summed E-state index contributed by atoms with van der Waals surface area (Å²) in [6.45, 7) is 9.58. The maximum absolute atomic E-state index is 12.2. The van der Waals surface area contributed by atoms with Gasteiger partial charge in [0.05, 0.1) is 11.9 Å². The summed E-state index contributed by atoms with van der Waals surface area (Å²) >= 11 is 0. The van der Waals surface area contributed by atoms with Gasteiger partial charge >= 0.3 is 12.0 Å². The molecule has 2 amide bonds. The van der Waals surface area contributed by atoms with E-state index in [-0.39, 0.29) is 6.04 Å². The zero-order valence-corrected chi connectivity index (χ0v) is 15.1. The lowest BCUT2D eigenvalue weighted by molar-refractivity contribution is -0.139. The van der Waals surface area contributed by atoms with Crippen LogP contribution in [0.4, 0.5) is 10.5 Å². The lowest BCUT2D eigenvalue weighted by Crippen LogP contribution is -2.37. The molecule has 7 nitrogen and oxygen atoms in total. The van der Waals surface area contributed by atoms with Crippen molar-refractivity contribution < 1.29 is 14.7 Å². The maximum atomic E-state index is 12.2. The Kier molecular flexibility index (Phi) is 5.46. The molecule has 0 aliphatic heterocycles. The third-order valence-electron chi connectivity index (χ3n) is 3.94. The summed E-state index contributed by atoms with van der Waals surface area (Å²) in [6.07, 6.45) is 3.22. The monoisotopic (exact) mass is 344 g/mol. The number of hydrogen-bond donors (Lipinski definition) is 3. The summed E-state index contributed by atoms with van der Waals surface area (Å²) in [5.74, 6) is -1.11. The second-order valence-corrected chi connectivity index (χ2v) is 6.48. The zero-order chi connectivity index (χ0) is 18.7. The molecule has 0 saturated carbocycles. The number of anilines is 1. The zero-order valence-electron chi connectivity index (χ0n) is 15.1. The van der Waals surface area contributed by atoms with Crippen LogP contribution in [-0.4, -0.2) is 26.9 Å². The number of aliphatic carboxylic acids is 1. The van der Waals surface area contributed by atoms with Gasteiger partial charge in [0.1, 0.15) is 0 Å². The number of urea groups is 1. The van der Waals surface area contributed by atoms with Crippen LogP contribution < -0.4 is 10.6 Å². The Hall–Kier alpha value is -2.83. The number of carboxylic acids is 1. The van der Waals surface area contributed by atoms with Gasteiger partial charge in [-0.3, -0.25) is 4.68 Å². The Morgan fingerprint density at radius 2 is 1.76 bits per heavy atom. The van der Waals surface area contributed by atoms with Crippen molar-refractivity contribution in [1.29, 1.82) is 0 Å². The van der Waals surface area contributed by atoms with Crippen molar-refractivity contribution in [1.82, 2.24) is 15.1 Å². The number of carbonyl (C=O) groups is 2. The minimum absolute atomic E-state index is 0.170. The Morgan fingerprint density at radius 1 is 1.16 bits per heavy atom. The number of carboxylic acid groups (broad SMARTS) is 1. The van der Waals surface area contributed by atoms with Crippen molar-refractivity contribution in [3.05, 3.63) is 46.8 Å². The average Bonchev–Trinajstić information content (AvgIpc) is 2.93. The third-order valence-corrected chi connectivity index (χ3v) is 3.94. The van der Waals surface area contributed by atoms with Crippen LogP contribution in [0.3, 0.4) is 0 Å². The second kappa shape index (κ2) is 7.38. The molecule has 1 aromatic heterocycles. The van der Waals surface area contributed by atoms with E-state index in [0.717, 1.165) is 16.7 Å². The highest BCUT2D eigenvalue weighted by Crippen LogP contribution is 2.24. The molecule has 2 aromatic rings. The standard InChI is InChI=1S/C18H24N4O3/c1-10(2)22-9-14(8-19-22)20-18(25)21-16(17(23)24)15-12(4)6-11(3)7-13(15)5/h6-10,16H,1-5H3,(H,23,24)(H2,20,21,25). The smallest absolute Gasteiger partial charge is 0.330 e. The summed E-state index contributed by atoms with van der Waals surface area (Å²) in [5, 5.41) is 18.9. The van der Waals surface area contributed by atoms with Gasteiger partial charge in [0.15, 0.2) is 6.04 Å². The summed E-state index contributed by atoms with van der Waals surface area (Å²) in [7, 11) is 0. The number of aromatic nitrogens is 2. The van der Waals surface area contributed by atoms with E-state index in [1.807, 2.05) is 46.8 Å². The number of benzene rings is 1. The first-order chi connectivity index (χ1) is 11.7. The van der Waals surface area contributed by atoms with Crippen molar-refractivity contribution in [2.24, 2.45) is 0 Å². The van der Waals surface area contributed by atoms with Gasteiger partial charge in [0.2, 0.25) is 0 Å². The lowest BCUT2D eigenvalue weighted by Gasteiger charge is -2.20. The van der Waals surface area contributed by atoms with Gasteiger partial charge < -0.3 is 15.7 Å². The van der Waals surface area contributed by atoms with Gasteiger partial charge in [0, 0.05) is 12.2 Å². The Bertz CT molecular complexity index is 772. The van der Waals surface area contributed by atoms with Crippen LogP contribution in [-0.2, 0) is 4.79 Å². The molecule has 1 aromatic carbocycles. The SMILES string of the molecule is Cc1cc(C)c(C(NC(=O)Nc2cnn(C(C)C)c2)C(=O)O)c(C)c1. The largest absolute Gasteiger partial charge is 0.479 e. The topological polar surface area (TPSA) is 96.3 Å². The molecule has 1 atom stereocenters. The molecule has 2 rings (SSSR count). The highest BCUT2D eigenvalue weighted by atomic mass is 16.4. The molecule has 25 heavy (non-hydrogen) atoms. The fourth-order valence-corrected chi connectivity index (χ4v) is 2.89. The van der Waals surface area contributed by atoms with Gasteiger partial charge in [-0.05, 0) is 51.3 Å². The van der Waals surface area contributed by atoms with E-state index in [1.54, 1.807) is 10.9 Å². The predicted molar refractivity (Wildman–Crippen MR) is 95.8 cm³/mol. The summed E-state index contributed by atoms with van der Waals surface area (Å²) < 4.78 is 1.71. The van der Waals surface area contributed by atoms with E-state index in [4.69, 9.17) is 0 Å². The molecule has 0 bridgehead atoms. The number of carbonyl (C=O) groups excluding carboxylic acids is 1. The molecule has 7 heteroatoms. The van der Waals surface area contributed by atoms with Gasteiger partial charge in [0.25, 0.3) is 0 Å². The van der Waals surface area contributed by atoms with Crippen molar-refractivity contribution in [3.8, 4) is 0 Å². The number of nitrogens with zero attached hydrogens (tertiary/aromatic N) is 2. The Balaban J connectivity index is 2.19. The molecule has 0 fully saturated rings. The molecule has 0 saturated heterocycles. The molecule has 0 radical (unpaired) electrons. The molecule has 0 aliphatic carbocycles. The van der Waals surface area contributed by atoms with Crippen molar-refractivity contribution >= 4 is 17.7 Å². The van der Waals surface area contributed by atoms with Crippen LogP contribution >= 0.6 is 0 Å². The molecular weight excluding hydrogens is 320 g/mol. The van der Waals surface area contributed by atoms with E-state index < -0.39 is 18.0 Å². The van der Waals surface area contributed by atoms with Crippen LogP contribution in [0.25, 0.3) is 0 Å². The number of aryl methyl sites for hydroxylation is 3. The highest BCUT2D eigenvalue weighted by molar-refractivity contribution is 5.92. The molecule has 0 spiro atoms. The third kappa shape index (κ3) is 4.37. The Morgan fingerprint density at radius 3 is 2.24 bits per heavy atom. The first-order valence-corrected chi connectivity index (χ1v) is 8.11. The van der Waals surface area contributed by atoms with E-state index in [9.17, 15) is 14.7 Å². The first kappa shape index (κ1) is 18.5. The van der Waals surface area contributed by atoms with E-state index in [1.165, 1.54) is 6.20 Å². The van der Waals surface area contributed by atoms with Crippen molar-refractivity contribution in [3.63, 3.8) is 0 Å². The molecule has 3 N–H and O–H groups in total. The molecule has 0 aliphatic rings. The highest BCUT2D eigenvalue weighted by Gasteiger charge is 2.25. The van der Waals surface area contributed by atoms with Crippen molar-refractivity contribution in [2.75, 3.05) is 5.32 Å². The molecule has 1 unspecified atom stereocenters. The quantitative estimate of drug-likeness (QED) is 0.775. The first-order valence-electron chi connectivity index (χ1n) is 8.11. The predicted octanol–water partition coefficient (Wildman–Crippen LogP) is 3.34. The van der Waals surface area contributed by atoms with Gasteiger partial charge in [-0.15, -0.1) is 0 Å². The van der Waals surface area contributed by atoms with E-state index in [2.05, 4.69) is 15.7 Å². The number of nitrogens with one attached hydrogen (secondary N) is 2. The second-order valence-electron chi connectivity index (χ2n) is 6.48. The maximum Gasteiger partial charge on any atom is 0.330 e. The van der Waals surface area contributed by atoms with Crippen LogP contribution in [0.1, 0.15) is 48.2 Å². The van der Waals surface area contributed by atoms with Gasteiger partial charge in [-0.25, -0.2) is 9.59 Å². The van der Waals surface area contributed by atoms with E-state index >= 15 is 0 Å². The lowest BCUT2D eigenvalue weighted by atomic mass is 9.94. The average molecular weight is 344 g/mol.